The first-order chi connectivity index (χ1) is 8.97. The number of Topliss-reactive ketones (excluding diaryl/α,β-unsaturated/α-hetero) is 1. The third-order valence-electron chi connectivity index (χ3n) is 3.14. The molecule has 100 valence electrons. The SMILES string of the molecule is Cc1ccc(SCC(=O)c2cc(C)[nH]c2C)c(C)c1. The first-order valence-corrected chi connectivity index (χ1v) is 7.35. The second-order valence-electron chi connectivity index (χ2n) is 4.97. The van der Waals surface area contributed by atoms with Crippen LogP contribution in [0.2, 0.25) is 0 Å². The quantitative estimate of drug-likeness (QED) is 0.668. The lowest BCUT2D eigenvalue weighted by Crippen LogP contribution is -2.03. The maximum absolute atomic E-state index is 12.2. The number of nitrogens with one attached hydrogen (secondary N) is 1. The van der Waals surface area contributed by atoms with Crippen molar-refractivity contribution >= 4 is 17.5 Å². The number of aromatic nitrogens is 1. The normalized spacial score (nSPS) is 10.7. The van der Waals surface area contributed by atoms with E-state index in [1.165, 1.54) is 16.0 Å². The summed E-state index contributed by atoms with van der Waals surface area (Å²) in [5, 5.41) is 0. The lowest BCUT2D eigenvalue weighted by Gasteiger charge is -2.06. The Bertz CT molecular complexity index is 613. The van der Waals surface area contributed by atoms with E-state index in [0.29, 0.717) is 5.75 Å². The summed E-state index contributed by atoms with van der Waals surface area (Å²) in [4.78, 5) is 16.5. The first kappa shape index (κ1) is 13.9. The molecule has 2 nitrogen and oxygen atoms in total. The van der Waals surface area contributed by atoms with Crippen LogP contribution in [0.4, 0.5) is 0 Å². The molecule has 2 aromatic rings. The lowest BCUT2D eigenvalue weighted by molar-refractivity contribution is 0.102. The maximum atomic E-state index is 12.2. The van der Waals surface area contributed by atoms with Crippen LogP contribution < -0.4 is 0 Å². The van der Waals surface area contributed by atoms with Crippen LogP contribution in [0.25, 0.3) is 0 Å². The number of aryl methyl sites for hydroxylation is 4. The highest BCUT2D eigenvalue weighted by Crippen LogP contribution is 2.24. The molecule has 0 bridgehead atoms. The van der Waals surface area contributed by atoms with Gasteiger partial charge in [0.05, 0.1) is 5.75 Å². The van der Waals surface area contributed by atoms with Gasteiger partial charge in [-0.05, 0) is 45.4 Å². The molecule has 0 fully saturated rings. The Labute approximate surface area is 118 Å². The summed E-state index contributed by atoms with van der Waals surface area (Å²) in [5.74, 6) is 0.675. The minimum absolute atomic E-state index is 0.187. The zero-order valence-corrected chi connectivity index (χ0v) is 12.6. The number of carbonyl (C=O) groups is 1. The van der Waals surface area contributed by atoms with Crippen molar-refractivity contribution in [3.63, 3.8) is 0 Å². The summed E-state index contributed by atoms with van der Waals surface area (Å²) >= 11 is 1.61. The summed E-state index contributed by atoms with van der Waals surface area (Å²) in [5.41, 5.74) is 5.31. The van der Waals surface area contributed by atoms with Crippen LogP contribution in [0.3, 0.4) is 0 Å². The van der Waals surface area contributed by atoms with Gasteiger partial charge >= 0.3 is 0 Å². The topological polar surface area (TPSA) is 32.9 Å². The second-order valence-corrected chi connectivity index (χ2v) is 5.99. The van der Waals surface area contributed by atoms with Gasteiger partial charge in [-0.2, -0.15) is 0 Å². The fourth-order valence-corrected chi connectivity index (χ4v) is 3.09. The van der Waals surface area contributed by atoms with Gasteiger partial charge in [-0.1, -0.05) is 17.7 Å². The van der Waals surface area contributed by atoms with Crippen LogP contribution in [0.15, 0.2) is 29.2 Å². The molecule has 0 atom stereocenters. The Morgan fingerprint density at radius 1 is 1.16 bits per heavy atom. The van der Waals surface area contributed by atoms with Crippen molar-refractivity contribution in [2.24, 2.45) is 0 Å². The van der Waals surface area contributed by atoms with E-state index in [1.54, 1.807) is 11.8 Å². The Hall–Kier alpha value is -1.48. The number of carbonyl (C=O) groups excluding carboxylic acids is 1. The average Bonchev–Trinajstić information content (AvgIpc) is 2.67. The summed E-state index contributed by atoms with van der Waals surface area (Å²) in [6.45, 7) is 8.09. The van der Waals surface area contributed by atoms with Gasteiger partial charge in [-0.15, -0.1) is 11.8 Å². The van der Waals surface area contributed by atoms with E-state index in [-0.39, 0.29) is 5.78 Å². The standard InChI is InChI=1S/C16H19NOS/c1-10-5-6-16(11(2)7-10)19-9-15(18)14-8-12(3)17-13(14)4/h5-8,17H,9H2,1-4H3. The molecule has 1 heterocycles. The molecule has 1 aromatic carbocycles. The van der Waals surface area contributed by atoms with E-state index in [0.717, 1.165) is 17.0 Å². The monoisotopic (exact) mass is 273 g/mol. The zero-order chi connectivity index (χ0) is 14.0. The van der Waals surface area contributed by atoms with Crippen LogP contribution in [-0.2, 0) is 0 Å². The Balaban J connectivity index is 2.06. The highest BCUT2D eigenvalue weighted by Gasteiger charge is 2.12. The summed E-state index contributed by atoms with van der Waals surface area (Å²) in [7, 11) is 0. The molecule has 2 rings (SSSR count). The van der Waals surface area contributed by atoms with Crippen molar-refractivity contribution in [1.29, 1.82) is 0 Å². The van der Waals surface area contributed by atoms with Gasteiger partial charge in [0, 0.05) is 21.8 Å². The number of benzene rings is 1. The molecule has 0 radical (unpaired) electrons. The molecular formula is C16H19NOS. The molecule has 0 spiro atoms. The number of hydrogen-bond donors (Lipinski definition) is 1. The van der Waals surface area contributed by atoms with Crippen molar-refractivity contribution in [3.8, 4) is 0 Å². The van der Waals surface area contributed by atoms with E-state index < -0.39 is 0 Å². The van der Waals surface area contributed by atoms with E-state index >= 15 is 0 Å². The first-order valence-electron chi connectivity index (χ1n) is 6.37. The number of H-pyrrole nitrogens is 1. The Morgan fingerprint density at radius 3 is 2.47 bits per heavy atom. The van der Waals surface area contributed by atoms with Crippen molar-refractivity contribution < 1.29 is 4.79 Å². The molecule has 19 heavy (non-hydrogen) atoms. The highest BCUT2D eigenvalue weighted by atomic mass is 32.2. The van der Waals surface area contributed by atoms with Crippen molar-refractivity contribution in [2.75, 3.05) is 5.75 Å². The molecule has 0 saturated heterocycles. The van der Waals surface area contributed by atoms with Crippen LogP contribution in [0.1, 0.15) is 32.9 Å². The average molecular weight is 273 g/mol. The molecule has 3 heteroatoms. The third-order valence-corrected chi connectivity index (χ3v) is 4.31. The van der Waals surface area contributed by atoms with Gasteiger partial charge < -0.3 is 4.98 Å². The van der Waals surface area contributed by atoms with Crippen molar-refractivity contribution in [1.82, 2.24) is 4.98 Å². The number of rotatable bonds is 4. The van der Waals surface area contributed by atoms with Crippen molar-refractivity contribution in [2.45, 2.75) is 32.6 Å². The van der Waals surface area contributed by atoms with Crippen molar-refractivity contribution in [3.05, 3.63) is 52.3 Å². The largest absolute Gasteiger partial charge is 0.362 e. The van der Waals surface area contributed by atoms with E-state index in [1.807, 2.05) is 19.9 Å². The van der Waals surface area contributed by atoms with E-state index in [4.69, 9.17) is 0 Å². The summed E-state index contributed by atoms with van der Waals surface area (Å²) < 4.78 is 0. The molecule has 0 unspecified atom stereocenters. The molecule has 0 aliphatic heterocycles. The zero-order valence-electron chi connectivity index (χ0n) is 11.8. The van der Waals surface area contributed by atoms with Crippen LogP contribution in [0.5, 0.6) is 0 Å². The van der Waals surface area contributed by atoms with E-state index in [9.17, 15) is 4.79 Å². The van der Waals surface area contributed by atoms with Gasteiger partial charge in [-0.3, -0.25) is 4.79 Å². The molecule has 0 amide bonds. The van der Waals surface area contributed by atoms with Crippen LogP contribution in [0, 0.1) is 27.7 Å². The smallest absolute Gasteiger partial charge is 0.174 e. The number of ketones is 1. The fraction of sp³-hybridized carbons (Fsp3) is 0.312. The molecule has 0 aliphatic carbocycles. The Kier molecular flexibility index (Phi) is 4.15. The number of aromatic amines is 1. The van der Waals surface area contributed by atoms with Gasteiger partial charge in [0.2, 0.25) is 0 Å². The second kappa shape index (κ2) is 5.66. The predicted octanol–water partition coefficient (Wildman–Crippen LogP) is 4.22. The molecular weight excluding hydrogens is 254 g/mol. The van der Waals surface area contributed by atoms with Gasteiger partial charge in [0.1, 0.15) is 0 Å². The minimum atomic E-state index is 0.187. The predicted molar refractivity (Wildman–Crippen MR) is 81.2 cm³/mol. The Morgan fingerprint density at radius 2 is 1.89 bits per heavy atom. The highest BCUT2D eigenvalue weighted by molar-refractivity contribution is 8.00. The fourth-order valence-electron chi connectivity index (χ4n) is 2.20. The molecule has 0 aliphatic rings. The van der Waals surface area contributed by atoms with E-state index in [2.05, 4.69) is 37.0 Å². The van der Waals surface area contributed by atoms with Gasteiger partial charge in [0.15, 0.2) is 5.78 Å². The van der Waals surface area contributed by atoms with Gasteiger partial charge in [0.25, 0.3) is 0 Å². The molecule has 0 saturated carbocycles. The van der Waals surface area contributed by atoms with Crippen LogP contribution >= 0.6 is 11.8 Å². The van der Waals surface area contributed by atoms with Crippen LogP contribution in [-0.4, -0.2) is 16.5 Å². The van der Waals surface area contributed by atoms with Gasteiger partial charge in [-0.25, -0.2) is 0 Å². The number of thioether (sulfide) groups is 1. The molecule has 1 aromatic heterocycles. The maximum Gasteiger partial charge on any atom is 0.174 e. The summed E-state index contributed by atoms with van der Waals surface area (Å²) in [6, 6.07) is 8.27. The minimum Gasteiger partial charge on any atom is -0.362 e. The lowest BCUT2D eigenvalue weighted by atomic mass is 10.2. The molecule has 1 N–H and O–H groups in total. The number of hydrogen-bond acceptors (Lipinski definition) is 2. The summed E-state index contributed by atoms with van der Waals surface area (Å²) in [6.07, 6.45) is 0. The third kappa shape index (κ3) is 3.29.